The van der Waals surface area contributed by atoms with Crippen LogP contribution in [0.5, 0.6) is 0 Å². The average molecular weight is 360 g/mol. The summed E-state index contributed by atoms with van der Waals surface area (Å²) in [5.74, 6) is -1.10. The molecule has 26 heavy (non-hydrogen) atoms. The van der Waals surface area contributed by atoms with Crippen molar-refractivity contribution in [1.82, 2.24) is 20.8 Å². The van der Waals surface area contributed by atoms with Crippen LogP contribution in [0.2, 0.25) is 0 Å². The molecule has 1 heterocycles. The molecule has 0 saturated heterocycles. The van der Waals surface area contributed by atoms with Crippen molar-refractivity contribution in [2.45, 2.75) is 39.7 Å². The van der Waals surface area contributed by atoms with Crippen molar-refractivity contribution >= 4 is 11.8 Å². The Morgan fingerprint density at radius 3 is 2.50 bits per heavy atom. The molecular formula is C19H25FN4O2. The second kappa shape index (κ2) is 9.12. The molecule has 0 aliphatic carbocycles. The fourth-order valence-electron chi connectivity index (χ4n) is 2.59. The third-order valence-corrected chi connectivity index (χ3v) is 4.20. The Hall–Kier alpha value is -2.70. The molecule has 6 nitrogen and oxygen atoms in total. The molecule has 1 unspecified atom stereocenters. The Kier molecular flexibility index (Phi) is 6.89. The fraction of sp³-hybridized carbons (Fsp3) is 0.421. The van der Waals surface area contributed by atoms with Gasteiger partial charge >= 0.3 is 0 Å². The van der Waals surface area contributed by atoms with Crippen LogP contribution in [0, 0.1) is 18.7 Å². The molecule has 0 aliphatic heterocycles. The lowest BCUT2D eigenvalue weighted by molar-refractivity contribution is -0.123. The third kappa shape index (κ3) is 5.40. The third-order valence-electron chi connectivity index (χ3n) is 4.20. The highest BCUT2D eigenvalue weighted by Gasteiger charge is 2.24. The van der Waals surface area contributed by atoms with Crippen molar-refractivity contribution in [2.24, 2.45) is 5.92 Å². The number of amides is 2. The van der Waals surface area contributed by atoms with Gasteiger partial charge in [0.15, 0.2) is 0 Å². The maximum atomic E-state index is 13.0. The van der Waals surface area contributed by atoms with Crippen LogP contribution in [0.4, 0.5) is 4.39 Å². The molecular weight excluding hydrogens is 335 g/mol. The molecule has 0 radical (unpaired) electrons. The van der Waals surface area contributed by atoms with Crippen LogP contribution in [0.25, 0.3) is 0 Å². The summed E-state index contributed by atoms with van der Waals surface area (Å²) in [6.07, 6.45) is 3.39. The van der Waals surface area contributed by atoms with Crippen LogP contribution in [-0.2, 0) is 11.2 Å². The number of aryl methyl sites for hydroxylation is 2. The molecule has 0 spiro atoms. The maximum Gasteiger partial charge on any atom is 0.251 e. The summed E-state index contributed by atoms with van der Waals surface area (Å²) in [5.41, 5.74) is 2.48. The molecule has 3 N–H and O–H groups in total. The second-order valence-electron chi connectivity index (χ2n) is 6.62. The van der Waals surface area contributed by atoms with Gasteiger partial charge in [-0.2, -0.15) is 5.10 Å². The summed E-state index contributed by atoms with van der Waals surface area (Å²) in [5, 5.41) is 12.4. The van der Waals surface area contributed by atoms with E-state index in [9.17, 15) is 14.0 Å². The number of aromatic nitrogens is 2. The molecule has 0 saturated carbocycles. The van der Waals surface area contributed by atoms with Gasteiger partial charge in [0.25, 0.3) is 5.91 Å². The standard InChI is InChI=1S/C19H25FN4O2/c1-12(2)17(23-18(25)14-6-8-16(20)9-7-14)19(26)21-10-4-5-15-11-22-24-13(15)3/h6-9,11-12,17H,4-5,10H2,1-3H3,(H,21,26)(H,22,24)(H,23,25). The first kappa shape index (κ1) is 19.6. The normalized spacial score (nSPS) is 12.0. The van der Waals surface area contributed by atoms with E-state index in [1.807, 2.05) is 20.8 Å². The van der Waals surface area contributed by atoms with E-state index in [-0.39, 0.29) is 11.8 Å². The van der Waals surface area contributed by atoms with Gasteiger partial charge in [-0.05, 0) is 55.5 Å². The van der Waals surface area contributed by atoms with Gasteiger partial charge in [-0.25, -0.2) is 4.39 Å². The SMILES string of the molecule is Cc1[nH]ncc1CCCNC(=O)C(NC(=O)c1ccc(F)cc1)C(C)C. The molecule has 1 atom stereocenters. The summed E-state index contributed by atoms with van der Waals surface area (Å²) in [6, 6.07) is 4.58. The number of H-pyrrole nitrogens is 1. The summed E-state index contributed by atoms with van der Waals surface area (Å²) < 4.78 is 13.0. The zero-order valence-electron chi connectivity index (χ0n) is 15.3. The Morgan fingerprint density at radius 1 is 1.23 bits per heavy atom. The lowest BCUT2D eigenvalue weighted by atomic mass is 10.0. The minimum Gasteiger partial charge on any atom is -0.354 e. The molecule has 140 valence electrons. The van der Waals surface area contributed by atoms with Crippen LogP contribution >= 0.6 is 0 Å². The number of hydrogen-bond donors (Lipinski definition) is 3. The van der Waals surface area contributed by atoms with Gasteiger partial charge in [-0.15, -0.1) is 0 Å². The number of hydrogen-bond acceptors (Lipinski definition) is 3. The van der Waals surface area contributed by atoms with Crippen LogP contribution in [0.3, 0.4) is 0 Å². The van der Waals surface area contributed by atoms with Crippen molar-refractivity contribution < 1.29 is 14.0 Å². The highest BCUT2D eigenvalue weighted by Crippen LogP contribution is 2.08. The quantitative estimate of drug-likeness (QED) is 0.632. The molecule has 7 heteroatoms. The van der Waals surface area contributed by atoms with Crippen molar-refractivity contribution in [1.29, 1.82) is 0 Å². The van der Waals surface area contributed by atoms with Gasteiger partial charge in [-0.3, -0.25) is 14.7 Å². The summed E-state index contributed by atoms with van der Waals surface area (Å²) >= 11 is 0. The Morgan fingerprint density at radius 2 is 1.92 bits per heavy atom. The number of carbonyl (C=O) groups excluding carboxylic acids is 2. The topological polar surface area (TPSA) is 86.9 Å². The summed E-state index contributed by atoms with van der Waals surface area (Å²) in [4.78, 5) is 24.7. The molecule has 1 aromatic heterocycles. The van der Waals surface area contributed by atoms with Crippen LogP contribution < -0.4 is 10.6 Å². The van der Waals surface area contributed by atoms with Crippen molar-refractivity contribution in [3.63, 3.8) is 0 Å². The number of carbonyl (C=O) groups is 2. The first-order chi connectivity index (χ1) is 12.4. The monoisotopic (exact) mass is 360 g/mol. The number of benzene rings is 1. The lowest BCUT2D eigenvalue weighted by Crippen LogP contribution is -2.49. The Balaban J connectivity index is 1.85. The molecule has 2 aromatic rings. The van der Waals surface area contributed by atoms with Gasteiger partial charge in [-0.1, -0.05) is 13.8 Å². The largest absolute Gasteiger partial charge is 0.354 e. The predicted molar refractivity (Wildman–Crippen MR) is 97.1 cm³/mol. The molecule has 1 aromatic carbocycles. The van der Waals surface area contributed by atoms with E-state index >= 15 is 0 Å². The maximum absolute atomic E-state index is 13.0. The van der Waals surface area contributed by atoms with E-state index in [1.165, 1.54) is 24.3 Å². The zero-order valence-corrected chi connectivity index (χ0v) is 15.3. The lowest BCUT2D eigenvalue weighted by Gasteiger charge is -2.21. The Bertz CT molecular complexity index is 740. The van der Waals surface area contributed by atoms with E-state index in [2.05, 4.69) is 20.8 Å². The number of rotatable bonds is 8. The van der Waals surface area contributed by atoms with Crippen molar-refractivity contribution in [3.8, 4) is 0 Å². The summed E-state index contributed by atoms with van der Waals surface area (Å²) in [6.45, 7) is 6.20. The van der Waals surface area contributed by atoms with E-state index in [1.54, 1.807) is 6.20 Å². The van der Waals surface area contributed by atoms with Crippen molar-refractivity contribution in [2.75, 3.05) is 6.54 Å². The summed E-state index contributed by atoms with van der Waals surface area (Å²) in [7, 11) is 0. The predicted octanol–water partition coefficient (Wildman–Crippen LogP) is 2.36. The van der Waals surface area contributed by atoms with Crippen LogP contribution in [-0.4, -0.2) is 34.6 Å². The van der Waals surface area contributed by atoms with Gasteiger partial charge in [0.1, 0.15) is 11.9 Å². The first-order valence-corrected chi connectivity index (χ1v) is 8.71. The smallest absolute Gasteiger partial charge is 0.251 e. The molecule has 0 bridgehead atoms. The Labute approximate surface area is 152 Å². The number of nitrogens with zero attached hydrogens (tertiary/aromatic N) is 1. The van der Waals surface area contributed by atoms with Crippen LogP contribution in [0.1, 0.15) is 41.9 Å². The minimum atomic E-state index is -0.650. The van der Waals surface area contributed by atoms with Gasteiger partial charge in [0, 0.05) is 17.8 Å². The fourth-order valence-corrected chi connectivity index (χ4v) is 2.59. The van der Waals surface area contributed by atoms with E-state index in [4.69, 9.17) is 0 Å². The molecule has 0 fully saturated rings. The number of aromatic amines is 1. The second-order valence-corrected chi connectivity index (χ2v) is 6.62. The van der Waals surface area contributed by atoms with Gasteiger partial charge in [0.05, 0.1) is 6.20 Å². The number of nitrogens with one attached hydrogen (secondary N) is 3. The van der Waals surface area contributed by atoms with Gasteiger partial charge in [0.2, 0.25) is 5.91 Å². The van der Waals surface area contributed by atoms with E-state index in [0.717, 1.165) is 24.1 Å². The van der Waals surface area contributed by atoms with Crippen LogP contribution in [0.15, 0.2) is 30.5 Å². The van der Waals surface area contributed by atoms with Gasteiger partial charge < -0.3 is 10.6 Å². The van der Waals surface area contributed by atoms with E-state index < -0.39 is 17.8 Å². The van der Waals surface area contributed by atoms with E-state index in [0.29, 0.717) is 12.1 Å². The molecule has 2 amide bonds. The zero-order chi connectivity index (χ0) is 19.1. The molecule has 0 aliphatic rings. The average Bonchev–Trinajstić information content (AvgIpc) is 3.01. The highest BCUT2D eigenvalue weighted by molar-refractivity contribution is 5.97. The minimum absolute atomic E-state index is 0.0736. The van der Waals surface area contributed by atoms with Crippen molar-refractivity contribution in [3.05, 3.63) is 53.1 Å². The highest BCUT2D eigenvalue weighted by atomic mass is 19.1. The first-order valence-electron chi connectivity index (χ1n) is 8.71. The molecule has 2 rings (SSSR count). The number of halogens is 1.